The number of amides is 1. The van der Waals surface area contributed by atoms with Gasteiger partial charge in [-0.05, 0) is 48.4 Å². The molecule has 0 radical (unpaired) electrons. The van der Waals surface area contributed by atoms with Crippen LogP contribution in [0.3, 0.4) is 0 Å². The van der Waals surface area contributed by atoms with Gasteiger partial charge in [-0.2, -0.15) is 0 Å². The Balaban J connectivity index is 1.74. The van der Waals surface area contributed by atoms with Crippen molar-refractivity contribution in [2.24, 2.45) is 0 Å². The fraction of sp³-hybridized carbons (Fsp3) is 0.278. The lowest BCUT2D eigenvalue weighted by Gasteiger charge is -2.12. The summed E-state index contributed by atoms with van der Waals surface area (Å²) in [6, 6.07) is 8.89. The molecule has 0 fully saturated rings. The molecule has 126 valence electrons. The van der Waals surface area contributed by atoms with E-state index in [0.717, 1.165) is 23.2 Å². The predicted octanol–water partition coefficient (Wildman–Crippen LogP) is 4.64. The van der Waals surface area contributed by atoms with Gasteiger partial charge in [0.2, 0.25) is 5.91 Å². The van der Waals surface area contributed by atoms with Crippen molar-refractivity contribution in [3.05, 3.63) is 51.5 Å². The van der Waals surface area contributed by atoms with Crippen LogP contribution >= 0.6 is 23.2 Å². The number of nitrogens with one attached hydrogen (secondary N) is 1. The molecule has 3 rings (SSSR count). The van der Waals surface area contributed by atoms with E-state index in [-0.39, 0.29) is 12.3 Å². The van der Waals surface area contributed by atoms with Crippen LogP contribution < -0.4 is 14.8 Å². The summed E-state index contributed by atoms with van der Waals surface area (Å²) in [4.78, 5) is 12.3. The summed E-state index contributed by atoms with van der Waals surface area (Å²) < 4.78 is 11.2. The monoisotopic (exact) mass is 365 g/mol. The minimum Gasteiger partial charge on any atom is -0.489 e. The molecule has 0 aliphatic carbocycles. The van der Waals surface area contributed by atoms with Gasteiger partial charge in [0, 0.05) is 17.1 Å². The molecule has 1 aliphatic rings. The van der Waals surface area contributed by atoms with Crippen molar-refractivity contribution < 1.29 is 14.3 Å². The maximum Gasteiger partial charge on any atom is 0.228 e. The Morgan fingerprint density at radius 3 is 2.75 bits per heavy atom. The van der Waals surface area contributed by atoms with Crippen LogP contribution in [0.2, 0.25) is 10.0 Å². The van der Waals surface area contributed by atoms with Crippen LogP contribution in [0.15, 0.2) is 30.3 Å². The number of carbonyl (C=O) groups is 1. The van der Waals surface area contributed by atoms with E-state index in [2.05, 4.69) is 5.32 Å². The van der Waals surface area contributed by atoms with Crippen molar-refractivity contribution in [1.29, 1.82) is 0 Å². The third-order valence-electron chi connectivity index (χ3n) is 3.69. The molecule has 1 N–H and O–H groups in total. The number of fused-ring (bicyclic) bond motifs is 1. The van der Waals surface area contributed by atoms with Gasteiger partial charge in [-0.15, -0.1) is 0 Å². The third-order valence-corrected chi connectivity index (χ3v) is 4.21. The number of rotatable bonds is 3. The lowest BCUT2D eigenvalue weighted by molar-refractivity contribution is -0.115. The number of anilines is 1. The average Bonchev–Trinajstić information content (AvgIpc) is 2.76. The number of benzene rings is 2. The first-order chi connectivity index (χ1) is 11.5. The number of aryl methyl sites for hydroxylation is 1. The number of halogens is 2. The van der Waals surface area contributed by atoms with Crippen LogP contribution in [-0.4, -0.2) is 19.1 Å². The summed E-state index contributed by atoms with van der Waals surface area (Å²) in [5.74, 6) is 1.00. The molecule has 0 aromatic heterocycles. The van der Waals surface area contributed by atoms with E-state index in [4.69, 9.17) is 32.7 Å². The number of carbonyl (C=O) groups excluding carboxylic acids is 1. The highest BCUT2D eigenvalue weighted by Crippen LogP contribution is 2.38. The molecule has 0 atom stereocenters. The van der Waals surface area contributed by atoms with Crippen LogP contribution in [0.1, 0.15) is 17.5 Å². The summed E-state index contributed by atoms with van der Waals surface area (Å²) in [5, 5.41) is 3.98. The molecule has 2 aromatic rings. The first-order valence-corrected chi connectivity index (χ1v) is 8.42. The Morgan fingerprint density at radius 1 is 1.17 bits per heavy atom. The highest BCUT2D eigenvalue weighted by atomic mass is 35.5. The molecule has 0 saturated carbocycles. The summed E-state index contributed by atoms with van der Waals surface area (Å²) in [6.45, 7) is 3.04. The topological polar surface area (TPSA) is 47.6 Å². The van der Waals surface area contributed by atoms with Gasteiger partial charge >= 0.3 is 0 Å². The maximum absolute atomic E-state index is 12.3. The molecular formula is C18H17Cl2NO3. The van der Waals surface area contributed by atoms with E-state index in [9.17, 15) is 4.79 Å². The lowest BCUT2D eigenvalue weighted by atomic mass is 10.1. The molecule has 0 saturated heterocycles. The van der Waals surface area contributed by atoms with Gasteiger partial charge in [0.1, 0.15) is 0 Å². The molecule has 1 amide bonds. The molecule has 0 spiro atoms. The number of hydrogen-bond donors (Lipinski definition) is 1. The second-order valence-corrected chi connectivity index (χ2v) is 6.48. The van der Waals surface area contributed by atoms with Crippen molar-refractivity contribution in [2.75, 3.05) is 18.5 Å². The predicted molar refractivity (Wildman–Crippen MR) is 95.6 cm³/mol. The van der Waals surface area contributed by atoms with Gasteiger partial charge < -0.3 is 14.8 Å². The molecule has 2 aromatic carbocycles. The van der Waals surface area contributed by atoms with E-state index in [1.165, 1.54) is 0 Å². The van der Waals surface area contributed by atoms with Crippen LogP contribution in [-0.2, 0) is 11.2 Å². The smallest absolute Gasteiger partial charge is 0.228 e. The van der Waals surface area contributed by atoms with E-state index in [1.54, 1.807) is 24.3 Å². The second-order valence-electron chi connectivity index (χ2n) is 5.64. The van der Waals surface area contributed by atoms with Crippen molar-refractivity contribution in [2.45, 2.75) is 19.8 Å². The third kappa shape index (κ3) is 3.94. The highest BCUT2D eigenvalue weighted by molar-refractivity contribution is 6.32. The molecule has 1 heterocycles. The molecule has 0 bridgehead atoms. The van der Waals surface area contributed by atoms with Gasteiger partial charge in [0.15, 0.2) is 11.5 Å². The summed E-state index contributed by atoms with van der Waals surface area (Å²) in [5.41, 5.74) is 2.42. The zero-order valence-electron chi connectivity index (χ0n) is 13.2. The van der Waals surface area contributed by atoms with Gasteiger partial charge in [-0.3, -0.25) is 4.79 Å². The van der Waals surface area contributed by atoms with Crippen LogP contribution in [0.4, 0.5) is 5.69 Å². The Labute approximate surface area is 150 Å². The standard InChI is InChI=1S/C18H17Cl2NO3/c1-11-7-13(19)3-4-15(11)21-17(22)10-12-8-14(20)18-16(9-12)23-5-2-6-24-18/h3-4,7-9H,2,5-6,10H2,1H3,(H,21,22). The van der Waals surface area contributed by atoms with E-state index in [1.807, 2.05) is 13.0 Å². The SMILES string of the molecule is Cc1cc(Cl)ccc1NC(=O)Cc1cc(Cl)c2c(c1)OCCCO2. The first-order valence-electron chi connectivity index (χ1n) is 7.67. The highest BCUT2D eigenvalue weighted by Gasteiger charge is 2.17. The fourth-order valence-electron chi connectivity index (χ4n) is 2.53. The first kappa shape index (κ1) is 16.9. The fourth-order valence-corrected chi connectivity index (χ4v) is 3.05. The normalized spacial score (nSPS) is 13.3. The molecule has 6 heteroatoms. The lowest BCUT2D eigenvalue weighted by Crippen LogP contribution is -2.15. The van der Waals surface area contributed by atoms with E-state index in [0.29, 0.717) is 34.8 Å². The Kier molecular flexibility index (Phi) is 5.17. The van der Waals surface area contributed by atoms with Crippen molar-refractivity contribution in [3.8, 4) is 11.5 Å². The quantitative estimate of drug-likeness (QED) is 0.861. The summed E-state index contributed by atoms with van der Waals surface area (Å²) in [6.07, 6.45) is 0.995. The Morgan fingerprint density at radius 2 is 1.96 bits per heavy atom. The van der Waals surface area contributed by atoms with E-state index < -0.39 is 0 Å². The van der Waals surface area contributed by atoms with Crippen LogP contribution in [0.25, 0.3) is 0 Å². The van der Waals surface area contributed by atoms with Gasteiger partial charge in [-0.25, -0.2) is 0 Å². The average molecular weight is 366 g/mol. The Bertz CT molecular complexity index is 777. The molecular weight excluding hydrogens is 349 g/mol. The number of hydrogen-bond acceptors (Lipinski definition) is 3. The molecule has 4 nitrogen and oxygen atoms in total. The maximum atomic E-state index is 12.3. The Hall–Kier alpha value is -1.91. The van der Waals surface area contributed by atoms with Crippen molar-refractivity contribution in [3.63, 3.8) is 0 Å². The van der Waals surface area contributed by atoms with Crippen molar-refractivity contribution >= 4 is 34.8 Å². The zero-order chi connectivity index (χ0) is 17.1. The largest absolute Gasteiger partial charge is 0.489 e. The molecule has 0 unspecified atom stereocenters. The summed E-state index contributed by atoms with van der Waals surface area (Å²) >= 11 is 12.2. The van der Waals surface area contributed by atoms with Crippen LogP contribution in [0.5, 0.6) is 11.5 Å². The van der Waals surface area contributed by atoms with Gasteiger partial charge in [0.05, 0.1) is 24.7 Å². The summed E-state index contributed by atoms with van der Waals surface area (Å²) in [7, 11) is 0. The number of ether oxygens (including phenoxy) is 2. The van der Waals surface area contributed by atoms with Crippen LogP contribution in [0, 0.1) is 6.92 Å². The van der Waals surface area contributed by atoms with Gasteiger partial charge in [0.25, 0.3) is 0 Å². The molecule has 24 heavy (non-hydrogen) atoms. The zero-order valence-corrected chi connectivity index (χ0v) is 14.7. The minimum atomic E-state index is -0.133. The molecule has 1 aliphatic heterocycles. The minimum absolute atomic E-state index is 0.133. The van der Waals surface area contributed by atoms with Gasteiger partial charge in [-0.1, -0.05) is 23.2 Å². The van der Waals surface area contributed by atoms with E-state index >= 15 is 0 Å². The van der Waals surface area contributed by atoms with Crippen molar-refractivity contribution in [1.82, 2.24) is 0 Å². The second kappa shape index (κ2) is 7.32.